The molecule has 0 aliphatic rings. The van der Waals surface area contributed by atoms with Crippen molar-refractivity contribution in [2.75, 3.05) is 5.73 Å². The number of nitrogens with two attached hydrogens (primary N) is 1. The van der Waals surface area contributed by atoms with Gasteiger partial charge in [-0.2, -0.15) is 0 Å². The lowest BCUT2D eigenvalue weighted by Crippen LogP contribution is -1.88. The molecule has 1 nitrogen and oxygen atoms in total. The highest BCUT2D eigenvalue weighted by Crippen LogP contribution is 2.09. The minimum atomic E-state index is 0.781. The molecule has 1 aromatic rings. The molecule has 0 aliphatic heterocycles. The van der Waals surface area contributed by atoms with Crippen molar-refractivity contribution in [2.24, 2.45) is 0 Å². The summed E-state index contributed by atoms with van der Waals surface area (Å²) in [5, 5.41) is 0. The first-order valence-corrected chi connectivity index (χ1v) is 6.68. The second-order valence-electron chi connectivity index (χ2n) is 4.41. The molecule has 0 aliphatic carbocycles. The molecule has 17 heavy (non-hydrogen) atoms. The Balaban J connectivity index is 2.17. The molecular formula is C16H23N. The van der Waals surface area contributed by atoms with Crippen LogP contribution in [0.3, 0.4) is 0 Å². The van der Waals surface area contributed by atoms with Crippen molar-refractivity contribution in [1.82, 2.24) is 0 Å². The normalized spacial score (nSPS) is 9.71. The van der Waals surface area contributed by atoms with E-state index in [0.717, 1.165) is 17.7 Å². The predicted octanol–water partition coefficient (Wildman–Crippen LogP) is 4.37. The molecule has 0 bridgehead atoms. The first-order chi connectivity index (χ1) is 8.34. The van der Waals surface area contributed by atoms with Gasteiger partial charge < -0.3 is 5.73 Å². The predicted molar refractivity (Wildman–Crippen MR) is 75.7 cm³/mol. The molecule has 0 saturated carbocycles. The van der Waals surface area contributed by atoms with Gasteiger partial charge in [-0.25, -0.2) is 0 Å². The Morgan fingerprint density at radius 1 is 1.00 bits per heavy atom. The summed E-state index contributed by atoms with van der Waals surface area (Å²) < 4.78 is 0. The van der Waals surface area contributed by atoms with E-state index in [1.807, 2.05) is 24.3 Å². The van der Waals surface area contributed by atoms with Crippen molar-refractivity contribution in [3.63, 3.8) is 0 Å². The van der Waals surface area contributed by atoms with E-state index < -0.39 is 0 Å². The zero-order valence-electron chi connectivity index (χ0n) is 10.8. The molecule has 0 saturated heterocycles. The van der Waals surface area contributed by atoms with Crippen molar-refractivity contribution in [3.05, 3.63) is 29.8 Å². The summed E-state index contributed by atoms with van der Waals surface area (Å²) in [6, 6.07) is 7.79. The SMILES string of the molecule is CCCCCCCCC#Cc1ccccc1N. The number of unbranched alkanes of at least 4 members (excludes halogenated alkanes) is 6. The maximum atomic E-state index is 5.81. The van der Waals surface area contributed by atoms with Crippen molar-refractivity contribution < 1.29 is 0 Å². The fourth-order valence-electron chi connectivity index (χ4n) is 1.76. The van der Waals surface area contributed by atoms with E-state index in [2.05, 4.69) is 18.8 Å². The van der Waals surface area contributed by atoms with E-state index >= 15 is 0 Å². The quantitative estimate of drug-likeness (QED) is 0.437. The zero-order chi connectivity index (χ0) is 12.3. The van der Waals surface area contributed by atoms with E-state index in [1.54, 1.807) is 0 Å². The standard InChI is InChI=1S/C16H23N/c1-2-3-4-5-6-7-8-9-12-15-13-10-11-14-16(15)17/h10-11,13-14H,2-8,17H2,1H3. The van der Waals surface area contributed by atoms with Crippen molar-refractivity contribution in [1.29, 1.82) is 0 Å². The molecule has 1 aromatic carbocycles. The molecule has 0 atom stereocenters. The second kappa shape index (κ2) is 8.70. The largest absolute Gasteiger partial charge is 0.398 e. The van der Waals surface area contributed by atoms with Crippen LogP contribution in [0.4, 0.5) is 5.69 Å². The van der Waals surface area contributed by atoms with Gasteiger partial charge in [0.05, 0.1) is 0 Å². The van der Waals surface area contributed by atoms with Crippen molar-refractivity contribution >= 4 is 5.69 Å². The van der Waals surface area contributed by atoms with Crippen LogP contribution in [0.2, 0.25) is 0 Å². The number of nitrogen functional groups attached to an aromatic ring is 1. The van der Waals surface area contributed by atoms with Gasteiger partial charge in [-0.1, -0.05) is 63.0 Å². The number of rotatable bonds is 6. The molecule has 0 spiro atoms. The Hall–Kier alpha value is -1.42. The summed E-state index contributed by atoms with van der Waals surface area (Å²) in [7, 11) is 0. The summed E-state index contributed by atoms with van der Waals surface area (Å²) in [5.74, 6) is 6.34. The van der Waals surface area contributed by atoms with E-state index in [0.29, 0.717) is 0 Å². The lowest BCUT2D eigenvalue weighted by atomic mass is 10.1. The zero-order valence-corrected chi connectivity index (χ0v) is 10.8. The third kappa shape index (κ3) is 6.02. The smallest absolute Gasteiger partial charge is 0.0474 e. The molecule has 1 heteroatoms. The monoisotopic (exact) mass is 229 g/mol. The van der Waals surface area contributed by atoms with Gasteiger partial charge in [-0.3, -0.25) is 0 Å². The topological polar surface area (TPSA) is 26.0 Å². The van der Waals surface area contributed by atoms with Crippen LogP contribution in [0, 0.1) is 11.8 Å². The second-order valence-corrected chi connectivity index (χ2v) is 4.41. The Bertz CT molecular complexity index is 371. The number of anilines is 1. The van der Waals surface area contributed by atoms with E-state index in [1.165, 1.54) is 38.5 Å². The molecule has 92 valence electrons. The van der Waals surface area contributed by atoms with E-state index in [4.69, 9.17) is 5.73 Å². The summed E-state index contributed by atoms with van der Waals surface area (Å²) in [5.41, 5.74) is 7.55. The van der Waals surface area contributed by atoms with Crippen molar-refractivity contribution in [3.8, 4) is 11.8 Å². The summed E-state index contributed by atoms with van der Waals surface area (Å²) >= 11 is 0. The molecule has 0 radical (unpaired) electrons. The Morgan fingerprint density at radius 3 is 2.47 bits per heavy atom. The Kier molecular flexibility index (Phi) is 6.98. The van der Waals surface area contributed by atoms with Crippen LogP contribution in [-0.2, 0) is 0 Å². The molecule has 0 fully saturated rings. The highest BCUT2D eigenvalue weighted by molar-refractivity contribution is 5.55. The van der Waals surface area contributed by atoms with Crippen LogP contribution in [0.1, 0.15) is 57.4 Å². The van der Waals surface area contributed by atoms with Crippen LogP contribution in [0.15, 0.2) is 24.3 Å². The maximum absolute atomic E-state index is 5.81. The van der Waals surface area contributed by atoms with Gasteiger partial charge in [0.25, 0.3) is 0 Å². The fourth-order valence-corrected chi connectivity index (χ4v) is 1.76. The number of benzene rings is 1. The number of hydrogen-bond acceptors (Lipinski definition) is 1. The van der Waals surface area contributed by atoms with Gasteiger partial charge in [-0.15, -0.1) is 0 Å². The van der Waals surface area contributed by atoms with Crippen LogP contribution < -0.4 is 5.73 Å². The molecule has 1 rings (SSSR count). The van der Waals surface area contributed by atoms with Crippen LogP contribution in [0.5, 0.6) is 0 Å². The fraction of sp³-hybridized carbons (Fsp3) is 0.500. The third-order valence-corrected chi connectivity index (χ3v) is 2.84. The average molecular weight is 229 g/mol. The van der Waals surface area contributed by atoms with Gasteiger partial charge in [0, 0.05) is 17.7 Å². The van der Waals surface area contributed by atoms with Gasteiger partial charge >= 0.3 is 0 Å². The average Bonchev–Trinajstić information content (AvgIpc) is 2.35. The highest BCUT2D eigenvalue weighted by atomic mass is 14.5. The summed E-state index contributed by atoms with van der Waals surface area (Å²) in [6.45, 7) is 2.25. The van der Waals surface area contributed by atoms with E-state index in [9.17, 15) is 0 Å². The first-order valence-electron chi connectivity index (χ1n) is 6.68. The highest BCUT2D eigenvalue weighted by Gasteiger charge is 1.91. The maximum Gasteiger partial charge on any atom is 0.0474 e. The number of para-hydroxylation sites is 1. The summed E-state index contributed by atoms with van der Waals surface area (Å²) in [6.07, 6.45) is 8.90. The van der Waals surface area contributed by atoms with Crippen LogP contribution in [0.25, 0.3) is 0 Å². The van der Waals surface area contributed by atoms with E-state index in [-0.39, 0.29) is 0 Å². The molecule has 2 N–H and O–H groups in total. The Morgan fingerprint density at radius 2 is 1.71 bits per heavy atom. The molecule has 0 heterocycles. The van der Waals surface area contributed by atoms with Crippen LogP contribution in [-0.4, -0.2) is 0 Å². The van der Waals surface area contributed by atoms with Gasteiger partial charge in [0.2, 0.25) is 0 Å². The van der Waals surface area contributed by atoms with Gasteiger partial charge in [0.15, 0.2) is 0 Å². The van der Waals surface area contributed by atoms with Gasteiger partial charge in [0.1, 0.15) is 0 Å². The number of hydrogen-bond donors (Lipinski definition) is 1. The molecular weight excluding hydrogens is 206 g/mol. The lowest BCUT2D eigenvalue weighted by Gasteiger charge is -1.97. The Labute approximate surface area is 105 Å². The molecule has 0 unspecified atom stereocenters. The minimum absolute atomic E-state index is 0.781. The third-order valence-electron chi connectivity index (χ3n) is 2.84. The molecule has 0 aromatic heterocycles. The van der Waals surface area contributed by atoms with Gasteiger partial charge in [-0.05, 0) is 18.6 Å². The van der Waals surface area contributed by atoms with Crippen LogP contribution >= 0.6 is 0 Å². The summed E-state index contributed by atoms with van der Waals surface area (Å²) in [4.78, 5) is 0. The lowest BCUT2D eigenvalue weighted by molar-refractivity contribution is 0.614. The molecule has 0 amide bonds. The van der Waals surface area contributed by atoms with Crippen molar-refractivity contribution in [2.45, 2.75) is 51.9 Å². The minimum Gasteiger partial charge on any atom is -0.398 e. The first kappa shape index (κ1) is 13.6.